The van der Waals surface area contributed by atoms with Crippen LogP contribution in [0, 0.1) is 17.7 Å². The Morgan fingerprint density at radius 3 is 2.44 bits per heavy atom. The van der Waals surface area contributed by atoms with E-state index < -0.39 is 5.82 Å². The van der Waals surface area contributed by atoms with E-state index in [9.17, 15) is 4.39 Å². The van der Waals surface area contributed by atoms with Crippen molar-refractivity contribution in [3.8, 4) is 0 Å². The van der Waals surface area contributed by atoms with Crippen LogP contribution in [-0.2, 0) is 0 Å². The molecule has 1 heterocycles. The maximum atomic E-state index is 13.8. The molecule has 3 saturated carbocycles. The molecule has 1 aromatic rings. The molecule has 3 aliphatic carbocycles. The molecule has 1 atom stereocenters. The topological polar surface area (TPSA) is 37.8 Å². The van der Waals surface area contributed by atoms with Crippen molar-refractivity contribution in [3.63, 3.8) is 0 Å². The lowest BCUT2D eigenvalue weighted by atomic mass is 9.68. The second kappa shape index (κ2) is 4.82. The summed E-state index contributed by atoms with van der Waals surface area (Å²) in [5, 5.41) is 2.92. The predicted molar refractivity (Wildman–Crippen MR) is 69.5 cm³/mol. The third-order valence-corrected chi connectivity index (χ3v) is 4.57. The molecule has 0 spiro atoms. The number of hydrogen-bond acceptors (Lipinski definition) is 3. The summed E-state index contributed by atoms with van der Waals surface area (Å²) >= 11 is 11.4. The molecule has 18 heavy (non-hydrogen) atoms. The Balaban J connectivity index is 1.80. The normalized spacial score (nSPS) is 30.5. The molecule has 0 aromatic carbocycles. The standard InChI is InChI=1S/C12H14Cl2FN3/c13-10-9(15)11(18-12(14)17-10)16-8-5-6-1-3-7(8)4-2-6/h6-8H,1-5H2,(H,16,17,18). The second-order valence-corrected chi connectivity index (χ2v) is 5.91. The van der Waals surface area contributed by atoms with Crippen molar-refractivity contribution in [2.24, 2.45) is 11.8 Å². The lowest BCUT2D eigenvalue weighted by molar-refractivity contribution is 0.157. The van der Waals surface area contributed by atoms with E-state index in [1.54, 1.807) is 0 Å². The van der Waals surface area contributed by atoms with Crippen molar-refractivity contribution in [1.29, 1.82) is 0 Å². The van der Waals surface area contributed by atoms with Gasteiger partial charge in [0.2, 0.25) is 11.1 Å². The van der Waals surface area contributed by atoms with Gasteiger partial charge in [0.05, 0.1) is 0 Å². The van der Waals surface area contributed by atoms with E-state index in [4.69, 9.17) is 23.2 Å². The molecule has 0 aliphatic heterocycles. The van der Waals surface area contributed by atoms with Crippen LogP contribution in [0.2, 0.25) is 10.4 Å². The van der Waals surface area contributed by atoms with Crippen molar-refractivity contribution >= 4 is 29.0 Å². The number of anilines is 1. The molecule has 1 aromatic heterocycles. The summed E-state index contributed by atoms with van der Waals surface area (Å²) < 4.78 is 13.8. The highest BCUT2D eigenvalue weighted by molar-refractivity contribution is 6.32. The molecule has 0 saturated heterocycles. The molecule has 98 valence electrons. The third-order valence-electron chi connectivity index (χ3n) is 4.15. The number of rotatable bonds is 2. The summed E-state index contributed by atoms with van der Waals surface area (Å²) in [6.07, 6.45) is 6.13. The first-order valence-electron chi connectivity index (χ1n) is 6.28. The van der Waals surface area contributed by atoms with Gasteiger partial charge in [0.1, 0.15) is 0 Å². The van der Waals surface area contributed by atoms with E-state index in [1.807, 2.05) is 0 Å². The van der Waals surface area contributed by atoms with Crippen LogP contribution in [0.25, 0.3) is 0 Å². The van der Waals surface area contributed by atoms with Crippen LogP contribution in [0.1, 0.15) is 32.1 Å². The Labute approximate surface area is 115 Å². The number of hydrogen-bond donors (Lipinski definition) is 1. The maximum absolute atomic E-state index is 13.8. The summed E-state index contributed by atoms with van der Waals surface area (Å²) in [5.41, 5.74) is 0. The summed E-state index contributed by atoms with van der Waals surface area (Å²) in [6.45, 7) is 0. The van der Waals surface area contributed by atoms with Crippen molar-refractivity contribution in [3.05, 3.63) is 16.3 Å². The molecule has 0 amide bonds. The SMILES string of the molecule is Fc1c(Cl)nc(Cl)nc1NC1CC2CCC1CC2. The summed E-state index contributed by atoms with van der Waals surface area (Å²) in [7, 11) is 0. The molecule has 3 nitrogen and oxygen atoms in total. The minimum Gasteiger partial charge on any atom is -0.364 e. The fraction of sp³-hybridized carbons (Fsp3) is 0.667. The highest BCUT2D eigenvalue weighted by Gasteiger charge is 2.36. The Morgan fingerprint density at radius 2 is 1.83 bits per heavy atom. The first kappa shape index (κ1) is 12.4. The van der Waals surface area contributed by atoms with Crippen LogP contribution in [0.4, 0.5) is 10.2 Å². The number of halogens is 3. The molecular formula is C12H14Cl2FN3. The van der Waals surface area contributed by atoms with E-state index >= 15 is 0 Å². The molecule has 6 heteroatoms. The molecule has 1 unspecified atom stereocenters. The minimum absolute atomic E-state index is 0.0233. The molecule has 3 aliphatic rings. The van der Waals surface area contributed by atoms with Crippen molar-refractivity contribution in [2.75, 3.05) is 5.32 Å². The number of nitrogens with zero attached hydrogens (tertiary/aromatic N) is 2. The highest BCUT2D eigenvalue weighted by atomic mass is 35.5. The van der Waals surface area contributed by atoms with Crippen molar-refractivity contribution < 1.29 is 4.39 Å². The Kier molecular flexibility index (Phi) is 3.32. The zero-order valence-electron chi connectivity index (χ0n) is 9.80. The largest absolute Gasteiger partial charge is 0.364 e. The molecule has 3 fully saturated rings. The second-order valence-electron chi connectivity index (χ2n) is 5.21. The van der Waals surface area contributed by atoms with Crippen LogP contribution in [-0.4, -0.2) is 16.0 Å². The van der Waals surface area contributed by atoms with Crippen molar-refractivity contribution in [1.82, 2.24) is 9.97 Å². The van der Waals surface area contributed by atoms with Gasteiger partial charge >= 0.3 is 0 Å². The van der Waals surface area contributed by atoms with Gasteiger partial charge in [-0.1, -0.05) is 24.4 Å². The van der Waals surface area contributed by atoms with E-state index in [0.29, 0.717) is 5.92 Å². The van der Waals surface area contributed by atoms with Crippen LogP contribution < -0.4 is 5.32 Å². The van der Waals surface area contributed by atoms with Crippen LogP contribution in [0.5, 0.6) is 0 Å². The van der Waals surface area contributed by atoms with Gasteiger partial charge in [0.25, 0.3) is 0 Å². The summed E-state index contributed by atoms with van der Waals surface area (Å²) in [5.74, 6) is 0.908. The summed E-state index contributed by atoms with van der Waals surface area (Å²) in [4.78, 5) is 7.47. The van der Waals surface area contributed by atoms with E-state index in [-0.39, 0.29) is 22.3 Å². The number of nitrogens with one attached hydrogen (secondary N) is 1. The lowest BCUT2D eigenvalue weighted by Gasteiger charge is -2.42. The van der Waals surface area contributed by atoms with Crippen molar-refractivity contribution in [2.45, 2.75) is 38.1 Å². The average Bonchev–Trinajstić information content (AvgIpc) is 2.37. The zero-order chi connectivity index (χ0) is 12.7. The fourth-order valence-corrected chi connectivity index (χ4v) is 3.60. The zero-order valence-corrected chi connectivity index (χ0v) is 11.3. The Hall–Kier alpha value is -0.610. The van der Waals surface area contributed by atoms with E-state index in [2.05, 4.69) is 15.3 Å². The van der Waals surface area contributed by atoms with Gasteiger partial charge in [-0.05, 0) is 42.7 Å². The minimum atomic E-state index is -0.609. The monoisotopic (exact) mass is 289 g/mol. The maximum Gasteiger partial charge on any atom is 0.225 e. The van der Waals surface area contributed by atoms with Gasteiger partial charge in [-0.2, -0.15) is 9.37 Å². The summed E-state index contributed by atoms with van der Waals surface area (Å²) in [6, 6.07) is 0.286. The average molecular weight is 290 g/mol. The van der Waals surface area contributed by atoms with Gasteiger partial charge in [-0.25, -0.2) is 4.98 Å². The molecule has 0 radical (unpaired) electrons. The quantitative estimate of drug-likeness (QED) is 0.663. The van der Waals surface area contributed by atoms with Crippen LogP contribution in [0.15, 0.2) is 0 Å². The Morgan fingerprint density at radius 1 is 1.11 bits per heavy atom. The van der Waals surface area contributed by atoms with Gasteiger partial charge in [0.15, 0.2) is 11.0 Å². The van der Waals surface area contributed by atoms with Gasteiger partial charge < -0.3 is 5.32 Å². The third kappa shape index (κ3) is 2.28. The molecular weight excluding hydrogens is 276 g/mol. The number of fused-ring (bicyclic) bond motifs is 3. The van der Waals surface area contributed by atoms with Crippen LogP contribution in [0.3, 0.4) is 0 Å². The fourth-order valence-electron chi connectivity index (χ4n) is 3.22. The predicted octanol–water partition coefficient (Wildman–Crippen LogP) is 3.91. The van der Waals surface area contributed by atoms with Gasteiger partial charge in [-0.3, -0.25) is 0 Å². The molecule has 1 N–H and O–H groups in total. The molecule has 2 bridgehead atoms. The van der Waals surface area contributed by atoms with E-state index in [0.717, 1.165) is 12.3 Å². The Bertz CT molecular complexity index is 461. The van der Waals surface area contributed by atoms with Gasteiger partial charge in [-0.15, -0.1) is 0 Å². The first-order valence-corrected chi connectivity index (χ1v) is 7.04. The smallest absolute Gasteiger partial charge is 0.225 e. The lowest BCUT2D eigenvalue weighted by Crippen LogP contribution is -2.40. The molecule has 4 rings (SSSR count). The van der Waals surface area contributed by atoms with E-state index in [1.165, 1.54) is 25.7 Å². The van der Waals surface area contributed by atoms with Crippen LogP contribution >= 0.6 is 23.2 Å². The first-order chi connectivity index (χ1) is 8.63. The van der Waals surface area contributed by atoms with Gasteiger partial charge in [0, 0.05) is 6.04 Å². The number of aromatic nitrogens is 2. The highest BCUT2D eigenvalue weighted by Crippen LogP contribution is 2.42.